The summed E-state index contributed by atoms with van der Waals surface area (Å²) in [5, 5.41) is 21.7. The maximum Gasteiger partial charge on any atom is 0.251 e. The smallest absolute Gasteiger partial charge is 0.251 e. The van der Waals surface area contributed by atoms with Gasteiger partial charge in [0.1, 0.15) is 18.4 Å². The zero-order valence-electron chi connectivity index (χ0n) is 19.0. The first-order valence-corrected chi connectivity index (χ1v) is 10.9. The van der Waals surface area contributed by atoms with E-state index in [1.807, 2.05) is 30.3 Å². The number of carbonyl (C=O) groups is 2. The van der Waals surface area contributed by atoms with E-state index in [1.54, 1.807) is 37.3 Å². The molecule has 0 aliphatic rings. The molecule has 0 saturated heterocycles. The molecule has 0 spiro atoms. The summed E-state index contributed by atoms with van der Waals surface area (Å²) in [5.41, 5.74) is 2.72. The number of furan rings is 1. The Hall–Kier alpha value is -4.10. The number of aliphatic hydroxyl groups is 2. The number of Topliss-reactive ketones (excluding diaryl/α,β-unsaturated/α-hetero) is 1. The minimum absolute atomic E-state index is 0.220. The van der Waals surface area contributed by atoms with E-state index in [4.69, 9.17) is 4.42 Å². The molecule has 0 radical (unpaired) electrons. The molecule has 2 atom stereocenters. The molecule has 3 aromatic rings. The number of rotatable bonds is 7. The van der Waals surface area contributed by atoms with E-state index in [2.05, 4.69) is 29.0 Å². The van der Waals surface area contributed by atoms with E-state index < -0.39 is 18.1 Å². The SMILES string of the molecule is CCC(=O)[C@@H](NC(=O)c1ccc(C#CC#Cc2oc(CO)cc2-c2ccccc2)cc1)[C@@H](C)O. The van der Waals surface area contributed by atoms with Crippen LogP contribution in [-0.4, -0.2) is 34.0 Å². The summed E-state index contributed by atoms with van der Waals surface area (Å²) in [6, 6.07) is 17.0. The van der Waals surface area contributed by atoms with Crippen LogP contribution in [0.15, 0.2) is 65.1 Å². The van der Waals surface area contributed by atoms with Gasteiger partial charge in [0, 0.05) is 23.1 Å². The lowest BCUT2D eigenvalue weighted by Crippen LogP contribution is -2.47. The zero-order valence-corrected chi connectivity index (χ0v) is 19.0. The highest BCUT2D eigenvalue weighted by atomic mass is 16.4. The van der Waals surface area contributed by atoms with Gasteiger partial charge in [0.05, 0.1) is 6.10 Å². The van der Waals surface area contributed by atoms with Crippen LogP contribution >= 0.6 is 0 Å². The Bertz CT molecular complexity index is 1270. The maximum atomic E-state index is 12.4. The van der Waals surface area contributed by atoms with Crippen molar-refractivity contribution in [2.75, 3.05) is 0 Å². The Labute approximate surface area is 198 Å². The fourth-order valence-electron chi connectivity index (χ4n) is 3.26. The molecule has 34 heavy (non-hydrogen) atoms. The summed E-state index contributed by atoms with van der Waals surface area (Å²) in [4.78, 5) is 24.3. The highest BCUT2D eigenvalue weighted by molar-refractivity contribution is 5.98. The average molecular weight is 456 g/mol. The molecule has 0 unspecified atom stereocenters. The predicted molar refractivity (Wildman–Crippen MR) is 128 cm³/mol. The van der Waals surface area contributed by atoms with Crippen molar-refractivity contribution >= 4 is 11.7 Å². The lowest BCUT2D eigenvalue weighted by molar-refractivity contribution is -0.122. The van der Waals surface area contributed by atoms with E-state index >= 15 is 0 Å². The van der Waals surface area contributed by atoms with Crippen molar-refractivity contribution in [1.82, 2.24) is 5.32 Å². The monoisotopic (exact) mass is 455 g/mol. The molecule has 172 valence electrons. The molecule has 1 amide bonds. The third-order valence-corrected chi connectivity index (χ3v) is 5.08. The summed E-state index contributed by atoms with van der Waals surface area (Å²) >= 11 is 0. The first-order chi connectivity index (χ1) is 16.4. The lowest BCUT2D eigenvalue weighted by Gasteiger charge is -2.19. The van der Waals surface area contributed by atoms with E-state index in [0.29, 0.717) is 22.6 Å². The van der Waals surface area contributed by atoms with Gasteiger partial charge in [-0.1, -0.05) is 43.2 Å². The van der Waals surface area contributed by atoms with Gasteiger partial charge in [-0.15, -0.1) is 0 Å². The Kier molecular flexibility index (Phi) is 8.43. The molecule has 3 N–H and O–H groups in total. The Morgan fingerprint density at radius 1 is 1.03 bits per heavy atom. The molecule has 6 nitrogen and oxygen atoms in total. The first kappa shape index (κ1) is 24.5. The predicted octanol–water partition coefficient (Wildman–Crippen LogP) is 3.30. The number of nitrogens with one attached hydrogen (secondary N) is 1. The number of carbonyl (C=O) groups excluding carboxylic acids is 2. The van der Waals surface area contributed by atoms with Gasteiger partial charge >= 0.3 is 0 Å². The van der Waals surface area contributed by atoms with Crippen molar-refractivity contribution in [2.45, 2.75) is 39.0 Å². The summed E-state index contributed by atoms with van der Waals surface area (Å²) in [6.45, 7) is 2.92. The maximum absolute atomic E-state index is 12.4. The van der Waals surface area contributed by atoms with E-state index in [-0.39, 0.29) is 18.8 Å². The number of benzene rings is 2. The molecular weight excluding hydrogens is 430 g/mol. The zero-order chi connectivity index (χ0) is 24.5. The number of amides is 1. The van der Waals surface area contributed by atoms with Gasteiger partial charge in [-0.05, 0) is 60.6 Å². The normalized spacial score (nSPS) is 11.9. The fourth-order valence-corrected chi connectivity index (χ4v) is 3.26. The molecule has 0 bridgehead atoms. The van der Waals surface area contributed by atoms with Gasteiger partial charge < -0.3 is 19.9 Å². The van der Waals surface area contributed by atoms with E-state index in [1.165, 1.54) is 6.92 Å². The van der Waals surface area contributed by atoms with Gasteiger partial charge in [-0.25, -0.2) is 0 Å². The number of ketones is 1. The summed E-state index contributed by atoms with van der Waals surface area (Å²) in [5.74, 6) is 11.5. The Morgan fingerprint density at radius 2 is 1.71 bits per heavy atom. The standard InChI is InChI=1S/C28H25NO5/c1-3-25(32)27(19(2)31)29-28(33)22-15-13-20(14-16-22)9-7-8-12-26-24(17-23(18-30)34-26)21-10-5-4-6-11-21/h4-6,10-11,13-17,19,27,30-31H,3,18H2,1-2H3,(H,29,33)/t19-,27+/m1/s1. The molecule has 6 heteroatoms. The van der Waals surface area contributed by atoms with Crippen molar-refractivity contribution in [3.63, 3.8) is 0 Å². The van der Waals surface area contributed by atoms with E-state index in [9.17, 15) is 19.8 Å². The van der Waals surface area contributed by atoms with Crippen molar-refractivity contribution in [1.29, 1.82) is 0 Å². The summed E-state index contributed by atoms with van der Waals surface area (Å²) in [7, 11) is 0. The Balaban J connectivity index is 1.72. The molecular formula is C28H25NO5. The molecule has 2 aromatic carbocycles. The van der Waals surface area contributed by atoms with Gasteiger partial charge in [0.15, 0.2) is 11.5 Å². The highest BCUT2D eigenvalue weighted by Crippen LogP contribution is 2.26. The second-order valence-electron chi connectivity index (χ2n) is 7.57. The van der Waals surface area contributed by atoms with Gasteiger partial charge in [-0.3, -0.25) is 9.59 Å². The quantitative estimate of drug-likeness (QED) is 0.475. The van der Waals surface area contributed by atoms with Crippen molar-refractivity contribution in [3.05, 3.63) is 83.3 Å². The van der Waals surface area contributed by atoms with Crippen LogP contribution in [0.25, 0.3) is 11.1 Å². The molecule has 1 heterocycles. The lowest BCUT2D eigenvalue weighted by atomic mass is 10.0. The number of hydrogen-bond acceptors (Lipinski definition) is 5. The van der Waals surface area contributed by atoms with Crippen LogP contribution in [0.3, 0.4) is 0 Å². The second-order valence-corrected chi connectivity index (χ2v) is 7.57. The fraction of sp³-hybridized carbons (Fsp3) is 0.214. The third-order valence-electron chi connectivity index (χ3n) is 5.08. The first-order valence-electron chi connectivity index (χ1n) is 10.9. The Morgan fingerprint density at radius 3 is 2.32 bits per heavy atom. The molecule has 1 aromatic heterocycles. The summed E-state index contributed by atoms with van der Waals surface area (Å²) in [6.07, 6.45) is -0.762. The van der Waals surface area contributed by atoms with Crippen LogP contribution in [0.5, 0.6) is 0 Å². The van der Waals surface area contributed by atoms with Gasteiger partial charge in [0.25, 0.3) is 5.91 Å². The molecule has 0 saturated carbocycles. The van der Waals surface area contributed by atoms with Crippen LogP contribution in [0.2, 0.25) is 0 Å². The number of hydrogen-bond donors (Lipinski definition) is 3. The molecule has 0 aliphatic carbocycles. The number of aliphatic hydroxyl groups excluding tert-OH is 2. The topological polar surface area (TPSA) is 99.8 Å². The van der Waals surface area contributed by atoms with Crippen LogP contribution < -0.4 is 5.32 Å². The third kappa shape index (κ3) is 6.24. The van der Waals surface area contributed by atoms with Crippen LogP contribution in [0, 0.1) is 23.7 Å². The van der Waals surface area contributed by atoms with Gasteiger partial charge in [-0.2, -0.15) is 0 Å². The van der Waals surface area contributed by atoms with Crippen molar-refractivity contribution < 1.29 is 24.2 Å². The highest BCUT2D eigenvalue weighted by Gasteiger charge is 2.24. The van der Waals surface area contributed by atoms with Crippen LogP contribution in [-0.2, 0) is 11.4 Å². The van der Waals surface area contributed by atoms with Crippen molar-refractivity contribution in [2.24, 2.45) is 0 Å². The van der Waals surface area contributed by atoms with Crippen molar-refractivity contribution in [3.8, 4) is 34.8 Å². The molecule has 0 fully saturated rings. The molecule has 0 aliphatic heterocycles. The summed E-state index contributed by atoms with van der Waals surface area (Å²) < 4.78 is 5.61. The van der Waals surface area contributed by atoms with Gasteiger partial charge in [0.2, 0.25) is 0 Å². The average Bonchev–Trinajstić information content (AvgIpc) is 3.28. The van der Waals surface area contributed by atoms with Crippen LogP contribution in [0.1, 0.15) is 47.7 Å². The second kappa shape index (κ2) is 11.7. The minimum atomic E-state index is -0.981. The van der Waals surface area contributed by atoms with E-state index in [0.717, 1.165) is 11.1 Å². The largest absolute Gasteiger partial charge is 0.450 e. The van der Waals surface area contributed by atoms with Crippen LogP contribution in [0.4, 0.5) is 0 Å². The molecule has 3 rings (SSSR count). The minimum Gasteiger partial charge on any atom is -0.450 e.